The highest BCUT2D eigenvalue weighted by atomic mass is 32.2. The highest BCUT2D eigenvalue weighted by Gasteiger charge is 2.17. The maximum absolute atomic E-state index is 12.9. The quantitative estimate of drug-likeness (QED) is 0.408. The third-order valence-electron chi connectivity index (χ3n) is 4.89. The van der Waals surface area contributed by atoms with Gasteiger partial charge in [0.05, 0.1) is 16.4 Å². The van der Waals surface area contributed by atoms with Gasteiger partial charge in [0.15, 0.2) is 0 Å². The van der Waals surface area contributed by atoms with Gasteiger partial charge >= 0.3 is 0 Å². The maximum Gasteiger partial charge on any atom is 0.206 e. The molecular formula is C24H26FNO5S. The van der Waals surface area contributed by atoms with Crippen molar-refractivity contribution in [2.45, 2.75) is 28.4 Å². The van der Waals surface area contributed by atoms with Crippen molar-refractivity contribution < 1.29 is 27.8 Å². The zero-order chi connectivity index (χ0) is 23.0. The summed E-state index contributed by atoms with van der Waals surface area (Å²) in [5.74, 6) is 0.0887. The number of aliphatic hydroxyl groups is 2. The number of halogens is 1. The average Bonchev–Trinajstić information content (AvgIpc) is 2.82. The smallest absolute Gasteiger partial charge is 0.206 e. The van der Waals surface area contributed by atoms with Crippen molar-refractivity contribution in [2.24, 2.45) is 0 Å². The molecule has 0 aliphatic heterocycles. The van der Waals surface area contributed by atoms with Crippen molar-refractivity contribution in [3.05, 3.63) is 90.2 Å². The normalized spacial score (nSPS) is 13.5. The lowest BCUT2D eigenvalue weighted by Gasteiger charge is -2.19. The second kappa shape index (κ2) is 11.2. The molecule has 0 aromatic heterocycles. The van der Waals surface area contributed by atoms with Crippen LogP contribution in [0, 0.1) is 5.82 Å². The van der Waals surface area contributed by atoms with Gasteiger partial charge in [-0.3, -0.25) is 0 Å². The zero-order valence-corrected chi connectivity index (χ0v) is 18.2. The Morgan fingerprint density at radius 3 is 2.16 bits per heavy atom. The lowest BCUT2D eigenvalue weighted by molar-refractivity contribution is 0.0997. The van der Waals surface area contributed by atoms with E-state index in [1.165, 1.54) is 24.3 Å². The summed E-state index contributed by atoms with van der Waals surface area (Å²) in [5, 5.41) is 22.8. The number of nitrogens with one attached hydrogen (secondary N) is 1. The van der Waals surface area contributed by atoms with Crippen molar-refractivity contribution in [2.75, 3.05) is 19.8 Å². The molecule has 3 aromatic carbocycles. The molecule has 2 atom stereocenters. The number of hydrogen-bond donors (Lipinski definition) is 3. The molecule has 0 aliphatic carbocycles. The van der Waals surface area contributed by atoms with Crippen molar-refractivity contribution >= 4 is 9.84 Å². The molecule has 0 fully saturated rings. The molecule has 6 nitrogen and oxygen atoms in total. The first-order valence-corrected chi connectivity index (χ1v) is 11.7. The number of hydrogen-bond acceptors (Lipinski definition) is 6. The molecule has 0 saturated heterocycles. The number of aliphatic hydroxyl groups excluding tert-OH is 2. The van der Waals surface area contributed by atoms with E-state index in [9.17, 15) is 23.0 Å². The summed E-state index contributed by atoms with van der Waals surface area (Å²) < 4.78 is 43.7. The van der Waals surface area contributed by atoms with Crippen LogP contribution in [0.1, 0.15) is 5.56 Å². The van der Waals surface area contributed by atoms with Crippen LogP contribution in [-0.2, 0) is 16.3 Å². The number of ether oxygens (including phenoxy) is 1. The molecule has 32 heavy (non-hydrogen) atoms. The van der Waals surface area contributed by atoms with Crippen LogP contribution in [0.5, 0.6) is 5.75 Å². The van der Waals surface area contributed by atoms with Gasteiger partial charge in [0.1, 0.15) is 24.3 Å². The fraction of sp³-hybridized carbons (Fsp3) is 0.250. The standard InChI is InChI=1S/C24H26FNO5S/c25-19-8-10-22(11-9-19)31-17-21(28)15-26-20(16-27)14-18-6-12-24(13-7-18)32(29,30)23-4-2-1-3-5-23/h1-13,20-21,26-28H,14-17H2/t20-,21-/m0/s1. The minimum Gasteiger partial charge on any atom is -0.491 e. The third kappa shape index (κ3) is 6.61. The summed E-state index contributed by atoms with van der Waals surface area (Å²) in [7, 11) is -3.58. The van der Waals surface area contributed by atoms with Gasteiger partial charge in [-0.25, -0.2) is 12.8 Å². The van der Waals surface area contributed by atoms with E-state index in [1.807, 2.05) is 0 Å². The number of rotatable bonds is 11. The number of sulfone groups is 1. The summed E-state index contributed by atoms with van der Waals surface area (Å²) in [4.78, 5) is 0.439. The Morgan fingerprint density at radius 2 is 1.53 bits per heavy atom. The minimum absolute atomic E-state index is 0.0167. The van der Waals surface area contributed by atoms with E-state index in [4.69, 9.17) is 4.74 Å². The molecule has 0 unspecified atom stereocenters. The van der Waals surface area contributed by atoms with E-state index in [0.717, 1.165) is 5.56 Å². The molecule has 0 bridgehead atoms. The Labute approximate surface area is 187 Å². The maximum atomic E-state index is 12.9. The van der Waals surface area contributed by atoms with Crippen LogP contribution in [0.25, 0.3) is 0 Å². The van der Waals surface area contributed by atoms with E-state index in [0.29, 0.717) is 12.2 Å². The van der Waals surface area contributed by atoms with Crippen LogP contribution in [0.4, 0.5) is 4.39 Å². The van der Waals surface area contributed by atoms with Gasteiger partial charge in [0, 0.05) is 12.6 Å². The minimum atomic E-state index is -3.58. The molecule has 8 heteroatoms. The first-order chi connectivity index (χ1) is 15.4. The summed E-state index contributed by atoms with van der Waals surface area (Å²) in [6, 6.07) is 20.0. The zero-order valence-electron chi connectivity index (χ0n) is 17.4. The Morgan fingerprint density at radius 1 is 0.906 bits per heavy atom. The van der Waals surface area contributed by atoms with Crippen LogP contribution in [0.3, 0.4) is 0 Å². The van der Waals surface area contributed by atoms with Crippen LogP contribution >= 0.6 is 0 Å². The molecular weight excluding hydrogens is 433 g/mol. The van der Waals surface area contributed by atoms with Crippen molar-refractivity contribution in [3.63, 3.8) is 0 Å². The second-order valence-corrected chi connectivity index (χ2v) is 9.32. The van der Waals surface area contributed by atoms with Crippen LogP contribution < -0.4 is 10.1 Å². The summed E-state index contributed by atoms with van der Waals surface area (Å²) >= 11 is 0. The van der Waals surface area contributed by atoms with E-state index in [-0.39, 0.29) is 41.4 Å². The van der Waals surface area contributed by atoms with E-state index in [2.05, 4.69) is 5.32 Å². The summed E-state index contributed by atoms with van der Waals surface area (Å²) in [5.41, 5.74) is 0.848. The first kappa shape index (κ1) is 23.9. The molecule has 0 heterocycles. The highest BCUT2D eigenvalue weighted by Crippen LogP contribution is 2.21. The van der Waals surface area contributed by atoms with Crippen LogP contribution in [0.15, 0.2) is 88.7 Å². The summed E-state index contributed by atoms with van der Waals surface area (Å²) in [6.07, 6.45) is -0.374. The van der Waals surface area contributed by atoms with Gasteiger partial charge in [-0.1, -0.05) is 30.3 Å². The Kier molecular flexibility index (Phi) is 8.35. The van der Waals surface area contributed by atoms with Crippen molar-refractivity contribution in [1.82, 2.24) is 5.32 Å². The lowest BCUT2D eigenvalue weighted by atomic mass is 10.1. The molecule has 170 valence electrons. The lowest BCUT2D eigenvalue weighted by Crippen LogP contribution is -2.41. The molecule has 3 N–H and O–H groups in total. The topological polar surface area (TPSA) is 95.9 Å². The van der Waals surface area contributed by atoms with Crippen molar-refractivity contribution in [1.29, 1.82) is 0 Å². The molecule has 0 radical (unpaired) electrons. The Balaban J connectivity index is 1.51. The van der Waals surface area contributed by atoms with E-state index >= 15 is 0 Å². The largest absolute Gasteiger partial charge is 0.491 e. The van der Waals surface area contributed by atoms with Gasteiger partial charge < -0.3 is 20.3 Å². The van der Waals surface area contributed by atoms with Gasteiger partial charge in [0.25, 0.3) is 0 Å². The molecule has 0 aliphatic rings. The molecule has 0 saturated carbocycles. The van der Waals surface area contributed by atoms with E-state index < -0.39 is 15.9 Å². The second-order valence-electron chi connectivity index (χ2n) is 7.37. The summed E-state index contributed by atoms with van der Waals surface area (Å²) in [6.45, 7) is 0.0469. The monoisotopic (exact) mass is 459 g/mol. The predicted octanol–water partition coefficient (Wildman–Crippen LogP) is 2.59. The fourth-order valence-corrected chi connectivity index (χ4v) is 4.39. The van der Waals surface area contributed by atoms with Crippen LogP contribution in [0.2, 0.25) is 0 Å². The molecule has 0 spiro atoms. The van der Waals surface area contributed by atoms with Crippen LogP contribution in [-0.4, -0.2) is 50.5 Å². The average molecular weight is 460 g/mol. The van der Waals surface area contributed by atoms with Gasteiger partial charge in [-0.15, -0.1) is 0 Å². The third-order valence-corrected chi connectivity index (χ3v) is 6.67. The predicted molar refractivity (Wildman–Crippen MR) is 119 cm³/mol. The Bertz CT molecular complexity index is 1070. The van der Waals surface area contributed by atoms with Crippen molar-refractivity contribution in [3.8, 4) is 5.75 Å². The molecule has 0 amide bonds. The molecule has 3 aromatic rings. The van der Waals surface area contributed by atoms with Gasteiger partial charge in [-0.2, -0.15) is 0 Å². The molecule has 3 rings (SSSR count). The Hall–Kier alpha value is -2.78. The number of benzene rings is 3. The van der Waals surface area contributed by atoms with E-state index in [1.54, 1.807) is 54.6 Å². The highest BCUT2D eigenvalue weighted by molar-refractivity contribution is 7.91. The first-order valence-electron chi connectivity index (χ1n) is 10.2. The SMILES string of the molecule is O=S(=O)(c1ccccc1)c1ccc(C[C@@H](CO)NC[C@H](O)COc2ccc(F)cc2)cc1. The van der Waals surface area contributed by atoms with Gasteiger partial charge in [0.2, 0.25) is 9.84 Å². The fourth-order valence-electron chi connectivity index (χ4n) is 3.11. The van der Waals surface area contributed by atoms with Gasteiger partial charge in [-0.05, 0) is 60.5 Å².